The number of nitro groups is 1. The second-order valence-corrected chi connectivity index (χ2v) is 4.44. The van der Waals surface area contributed by atoms with Crippen molar-refractivity contribution in [2.24, 2.45) is 0 Å². The van der Waals surface area contributed by atoms with E-state index in [1.54, 1.807) is 19.2 Å². The van der Waals surface area contributed by atoms with Crippen LogP contribution < -0.4 is 10.6 Å². The van der Waals surface area contributed by atoms with Gasteiger partial charge in [-0.25, -0.2) is 4.98 Å². The topological polar surface area (TPSA) is 97.2 Å². The average molecular weight is 307 g/mol. The fourth-order valence-corrected chi connectivity index (χ4v) is 1.77. The lowest BCUT2D eigenvalue weighted by Gasteiger charge is -2.07. The number of carbonyl (C=O) groups excluding carboxylic acids is 1. The number of nitrogens with zero attached hydrogens (tertiary/aromatic N) is 2. The minimum Gasteiger partial charge on any atom is -0.373 e. The highest BCUT2D eigenvalue weighted by atomic mass is 35.5. The number of pyridine rings is 1. The molecule has 0 fully saturated rings. The number of nitrogens with one attached hydrogen (secondary N) is 2. The van der Waals surface area contributed by atoms with Crippen molar-refractivity contribution in [3.63, 3.8) is 0 Å². The molecule has 0 radical (unpaired) electrons. The molecular formula is C13H11ClN4O3. The van der Waals surface area contributed by atoms with Crippen molar-refractivity contribution in [1.29, 1.82) is 0 Å². The summed E-state index contributed by atoms with van der Waals surface area (Å²) in [6.07, 6.45) is 0. The standard InChI is InChI=1S/C13H11ClN4O3/c1-15-12-4-2-3-10(16-12)13(19)17-11-7-8(18(20)21)5-6-9(11)14/h2-7H,1H3,(H,15,16)(H,17,19). The second-order valence-electron chi connectivity index (χ2n) is 4.03. The van der Waals surface area contributed by atoms with Crippen molar-refractivity contribution in [3.05, 3.63) is 57.2 Å². The Morgan fingerprint density at radius 3 is 2.76 bits per heavy atom. The van der Waals surface area contributed by atoms with E-state index in [1.807, 2.05) is 0 Å². The fourth-order valence-electron chi connectivity index (χ4n) is 1.61. The number of hydrogen-bond donors (Lipinski definition) is 2. The highest BCUT2D eigenvalue weighted by Gasteiger charge is 2.14. The number of benzene rings is 1. The van der Waals surface area contributed by atoms with E-state index in [4.69, 9.17) is 11.6 Å². The lowest BCUT2D eigenvalue weighted by Crippen LogP contribution is -2.14. The zero-order valence-electron chi connectivity index (χ0n) is 11.0. The molecule has 0 atom stereocenters. The van der Waals surface area contributed by atoms with Gasteiger partial charge in [0, 0.05) is 19.2 Å². The molecular weight excluding hydrogens is 296 g/mol. The van der Waals surface area contributed by atoms with Gasteiger partial charge in [0.1, 0.15) is 11.5 Å². The molecule has 0 aliphatic rings. The predicted molar refractivity (Wildman–Crippen MR) is 79.8 cm³/mol. The number of aromatic nitrogens is 1. The Kier molecular flexibility index (Phi) is 4.34. The zero-order valence-corrected chi connectivity index (χ0v) is 11.7. The molecule has 0 aliphatic heterocycles. The van der Waals surface area contributed by atoms with E-state index in [0.717, 1.165) is 0 Å². The van der Waals surface area contributed by atoms with E-state index in [2.05, 4.69) is 15.6 Å². The SMILES string of the molecule is CNc1cccc(C(=O)Nc2cc([N+](=O)[O-])ccc2Cl)n1. The molecule has 1 aromatic heterocycles. The van der Waals surface area contributed by atoms with Gasteiger partial charge < -0.3 is 10.6 Å². The van der Waals surface area contributed by atoms with Crippen LogP contribution in [-0.2, 0) is 0 Å². The van der Waals surface area contributed by atoms with E-state index in [0.29, 0.717) is 5.82 Å². The van der Waals surface area contributed by atoms with Crippen LogP contribution in [0.1, 0.15) is 10.5 Å². The maximum atomic E-state index is 12.1. The van der Waals surface area contributed by atoms with Gasteiger partial charge in [-0.15, -0.1) is 0 Å². The van der Waals surface area contributed by atoms with Gasteiger partial charge in [0.2, 0.25) is 0 Å². The van der Waals surface area contributed by atoms with Crippen LogP contribution >= 0.6 is 11.6 Å². The maximum Gasteiger partial charge on any atom is 0.274 e. The van der Waals surface area contributed by atoms with Crippen LogP contribution in [0.25, 0.3) is 0 Å². The quantitative estimate of drug-likeness (QED) is 0.668. The molecule has 0 aliphatic carbocycles. The fraction of sp³-hybridized carbons (Fsp3) is 0.0769. The lowest BCUT2D eigenvalue weighted by molar-refractivity contribution is -0.384. The van der Waals surface area contributed by atoms with Crippen molar-refractivity contribution in [2.45, 2.75) is 0 Å². The number of anilines is 2. The van der Waals surface area contributed by atoms with Crippen LogP contribution in [0.2, 0.25) is 5.02 Å². The number of amides is 1. The molecule has 0 bridgehead atoms. The van der Waals surface area contributed by atoms with Gasteiger partial charge >= 0.3 is 0 Å². The first-order chi connectivity index (χ1) is 10.0. The molecule has 2 rings (SSSR count). The average Bonchev–Trinajstić information content (AvgIpc) is 2.49. The molecule has 8 heteroatoms. The van der Waals surface area contributed by atoms with Gasteiger partial charge in [-0.05, 0) is 18.2 Å². The van der Waals surface area contributed by atoms with Crippen molar-refractivity contribution in [3.8, 4) is 0 Å². The number of nitro benzene ring substituents is 1. The molecule has 108 valence electrons. The monoisotopic (exact) mass is 306 g/mol. The lowest BCUT2D eigenvalue weighted by atomic mass is 10.2. The number of non-ortho nitro benzene ring substituents is 1. The molecule has 0 saturated carbocycles. The molecule has 1 heterocycles. The van der Waals surface area contributed by atoms with Crippen LogP contribution in [0.4, 0.5) is 17.2 Å². The van der Waals surface area contributed by atoms with Gasteiger partial charge in [-0.3, -0.25) is 14.9 Å². The third kappa shape index (κ3) is 3.46. The molecule has 21 heavy (non-hydrogen) atoms. The highest BCUT2D eigenvalue weighted by molar-refractivity contribution is 6.34. The van der Waals surface area contributed by atoms with Gasteiger partial charge in [0.15, 0.2) is 0 Å². The summed E-state index contributed by atoms with van der Waals surface area (Å²) in [6.45, 7) is 0. The predicted octanol–water partition coefficient (Wildman–Crippen LogP) is 2.94. The van der Waals surface area contributed by atoms with Crippen LogP contribution in [0.3, 0.4) is 0 Å². The molecule has 1 aromatic carbocycles. The van der Waals surface area contributed by atoms with Crippen molar-refractivity contribution in [2.75, 3.05) is 17.7 Å². The van der Waals surface area contributed by atoms with E-state index in [9.17, 15) is 14.9 Å². The Hall–Kier alpha value is -2.67. The van der Waals surface area contributed by atoms with Crippen molar-refractivity contribution < 1.29 is 9.72 Å². The van der Waals surface area contributed by atoms with Crippen molar-refractivity contribution >= 4 is 34.7 Å². The van der Waals surface area contributed by atoms with Crippen LogP contribution in [0.15, 0.2) is 36.4 Å². The summed E-state index contributed by atoms with van der Waals surface area (Å²) in [5.41, 5.74) is 0.170. The first kappa shape index (κ1) is 14.7. The van der Waals surface area contributed by atoms with Gasteiger partial charge in [0.25, 0.3) is 11.6 Å². The molecule has 0 saturated heterocycles. The number of rotatable bonds is 4. The number of halogens is 1. The zero-order chi connectivity index (χ0) is 15.4. The first-order valence-corrected chi connectivity index (χ1v) is 6.29. The van der Waals surface area contributed by atoms with E-state index in [1.165, 1.54) is 24.3 Å². The Labute approximate surface area is 125 Å². The summed E-state index contributed by atoms with van der Waals surface area (Å²) in [6, 6.07) is 8.72. The molecule has 0 unspecified atom stereocenters. The Morgan fingerprint density at radius 2 is 2.10 bits per heavy atom. The second kappa shape index (κ2) is 6.19. The minimum absolute atomic E-state index is 0.160. The Bertz CT molecular complexity index is 706. The summed E-state index contributed by atoms with van der Waals surface area (Å²) in [5.74, 6) is 0.0299. The third-order valence-corrected chi connectivity index (χ3v) is 2.98. The summed E-state index contributed by atoms with van der Waals surface area (Å²) in [7, 11) is 1.68. The van der Waals surface area contributed by atoms with Gasteiger partial charge in [-0.2, -0.15) is 0 Å². The van der Waals surface area contributed by atoms with Crippen molar-refractivity contribution in [1.82, 2.24) is 4.98 Å². The molecule has 0 spiro atoms. The van der Waals surface area contributed by atoms with E-state index < -0.39 is 10.8 Å². The highest BCUT2D eigenvalue weighted by Crippen LogP contribution is 2.27. The van der Waals surface area contributed by atoms with Crippen LogP contribution in [0.5, 0.6) is 0 Å². The largest absolute Gasteiger partial charge is 0.373 e. The smallest absolute Gasteiger partial charge is 0.274 e. The summed E-state index contributed by atoms with van der Waals surface area (Å²) >= 11 is 5.92. The van der Waals surface area contributed by atoms with Gasteiger partial charge in [-0.1, -0.05) is 17.7 Å². The third-order valence-electron chi connectivity index (χ3n) is 2.65. The molecule has 2 N–H and O–H groups in total. The Morgan fingerprint density at radius 1 is 1.33 bits per heavy atom. The normalized spacial score (nSPS) is 10.0. The Balaban J connectivity index is 2.26. The van der Waals surface area contributed by atoms with E-state index >= 15 is 0 Å². The molecule has 2 aromatic rings. The van der Waals surface area contributed by atoms with Crippen LogP contribution in [-0.4, -0.2) is 22.9 Å². The summed E-state index contributed by atoms with van der Waals surface area (Å²) in [5, 5.41) is 16.3. The first-order valence-electron chi connectivity index (χ1n) is 5.91. The van der Waals surface area contributed by atoms with Gasteiger partial charge in [0.05, 0.1) is 15.6 Å². The van der Waals surface area contributed by atoms with Crippen LogP contribution in [0, 0.1) is 10.1 Å². The number of hydrogen-bond acceptors (Lipinski definition) is 5. The molecule has 7 nitrogen and oxygen atoms in total. The molecule has 1 amide bonds. The maximum absolute atomic E-state index is 12.1. The number of carbonyl (C=O) groups is 1. The van der Waals surface area contributed by atoms with E-state index in [-0.39, 0.29) is 22.1 Å². The minimum atomic E-state index is -0.564. The summed E-state index contributed by atoms with van der Waals surface area (Å²) in [4.78, 5) is 26.3. The summed E-state index contributed by atoms with van der Waals surface area (Å²) < 4.78 is 0.